The highest BCUT2D eigenvalue weighted by molar-refractivity contribution is 14.0. The minimum absolute atomic E-state index is 0. The Labute approximate surface area is 201 Å². The second kappa shape index (κ2) is 12.0. The van der Waals surface area contributed by atoms with E-state index in [1.807, 2.05) is 18.2 Å². The van der Waals surface area contributed by atoms with Crippen molar-refractivity contribution in [3.8, 4) is 17.2 Å². The van der Waals surface area contributed by atoms with Crippen LogP contribution in [0.3, 0.4) is 0 Å². The van der Waals surface area contributed by atoms with Crippen LogP contribution >= 0.6 is 24.0 Å². The molecule has 0 amide bonds. The average Bonchev–Trinajstić information content (AvgIpc) is 2.72. The Morgan fingerprint density at radius 2 is 1.48 bits per heavy atom. The first kappa shape index (κ1) is 26.8. The van der Waals surface area contributed by atoms with E-state index in [0.29, 0.717) is 41.2 Å². The number of hydrogen-bond acceptors (Lipinski definition) is 6. The van der Waals surface area contributed by atoms with E-state index in [9.17, 15) is 8.42 Å². The lowest BCUT2D eigenvalue weighted by Crippen LogP contribution is -2.36. The van der Waals surface area contributed by atoms with Crippen LogP contribution in [0.1, 0.15) is 16.7 Å². The number of aryl methyl sites for hydroxylation is 1. The number of benzene rings is 2. The van der Waals surface area contributed by atoms with Gasteiger partial charge in [0.15, 0.2) is 27.3 Å². The monoisotopic (exact) mass is 563 g/mol. The number of methoxy groups -OCH3 is 3. The maximum Gasteiger partial charge on any atom is 0.203 e. The molecule has 0 saturated heterocycles. The molecule has 0 unspecified atom stereocenters. The van der Waals surface area contributed by atoms with Crippen LogP contribution in [-0.2, 0) is 22.9 Å². The third-order valence-corrected chi connectivity index (χ3v) is 5.76. The van der Waals surface area contributed by atoms with Crippen LogP contribution < -0.4 is 24.8 Å². The van der Waals surface area contributed by atoms with Gasteiger partial charge in [-0.1, -0.05) is 12.1 Å². The molecule has 172 valence electrons. The molecule has 0 atom stereocenters. The number of hydrogen-bond donors (Lipinski definition) is 2. The smallest absolute Gasteiger partial charge is 0.203 e. The highest BCUT2D eigenvalue weighted by Gasteiger charge is 2.14. The molecular formula is C21H30IN3O5S. The van der Waals surface area contributed by atoms with Crippen molar-refractivity contribution in [2.45, 2.75) is 24.9 Å². The summed E-state index contributed by atoms with van der Waals surface area (Å²) < 4.78 is 39.6. The van der Waals surface area contributed by atoms with Gasteiger partial charge in [0.2, 0.25) is 5.75 Å². The largest absolute Gasteiger partial charge is 0.493 e. The van der Waals surface area contributed by atoms with E-state index in [1.165, 1.54) is 6.26 Å². The summed E-state index contributed by atoms with van der Waals surface area (Å²) in [7, 11) is 3.17. The number of guanidine groups is 1. The van der Waals surface area contributed by atoms with Gasteiger partial charge in [-0.05, 0) is 41.8 Å². The van der Waals surface area contributed by atoms with Gasteiger partial charge >= 0.3 is 0 Å². The van der Waals surface area contributed by atoms with Gasteiger partial charge in [0.05, 0.1) is 26.2 Å². The third-order valence-electron chi connectivity index (χ3n) is 4.51. The molecule has 0 heterocycles. The highest BCUT2D eigenvalue weighted by atomic mass is 127. The van der Waals surface area contributed by atoms with Crippen LogP contribution in [0.5, 0.6) is 17.2 Å². The molecule has 2 rings (SSSR count). The van der Waals surface area contributed by atoms with E-state index < -0.39 is 9.84 Å². The quantitative estimate of drug-likeness (QED) is 0.290. The van der Waals surface area contributed by atoms with Crippen LogP contribution in [0.25, 0.3) is 0 Å². The van der Waals surface area contributed by atoms with E-state index >= 15 is 0 Å². The molecule has 0 fully saturated rings. The predicted octanol–water partition coefficient (Wildman–Crippen LogP) is 2.91. The van der Waals surface area contributed by atoms with Crippen molar-refractivity contribution in [2.24, 2.45) is 4.99 Å². The zero-order valence-electron chi connectivity index (χ0n) is 18.6. The second-order valence-corrected chi connectivity index (χ2v) is 8.67. The van der Waals surface area contributed by atoms with Gasteiger partial charge in [-0.3, -0.25) is 4.99 Å². The van der Waals surface area contributed by atoms with Crippen molar-refractivity contribution in [3.63, 3.8) is 0 Å². The molecule has 8 nitrogen and oxygen atoms in total. The van der Waals surface area contributed by atoms with Gasteiger partial charge in [0.1, 0.15) is 0 Å². The number of aliphatic imine (C=N–C) groups is 1. The third kappa shape index (κ3) is 7.17. The molecule has 0 aliphatic heterocycles. The first-order valence-corrected chi connectivity index (χ1v) is 11.2. The first-order chi connectivity index (χ1) is 14.2. The number of sulfone groups is 1. The summed E-state index contributed by atoms with van der Waals surface area (Å²) in [5.74, 6) is 2.31. The summed E-state index contributed by atoms with van der Waals surface area (Å²) in [5, 5.41) is 6.46. The fourth-order valence-corrected chi connectivity index (χ4v) is 4.03. The Morgan fingerprint density at radius 3 is 1.90 bits per heavy atom. The van der Waals surface area contributed by atoms with Crippen molar-refractivity contribution in [1.82, 2.24) is 10.6 Å². The van der Waals surface area contributed by atoms with Gasteiger partial charge < -0.3 is 24.8 Å². The van der Waals surface area contributed by atoms with E-state index in [0.717, 1.165) is 16.7 Å². The topological polar surface area (TPSA) is 98.3 Å². The van der Waals surface area contributed by atoms with Gasteiger partial charge in [0, 0.05) is 26.4 Å². The molecule has 2 aromatic carbocycles. The summed E-state index contributed by atoms with van der Waals surface area (Å²) in [6.07, 6.45) is 1.21. The molecule has 0 aliphatic carbocycles. The summed E-state index contributed by atoms with van der Waals surface area (Å²) in [4.78, 5) is 4.57. The Bertz CT molecular complexity index is 1000. The molecule has 0 radical (unpaired) electrons. The summed E-state index contributed by atoms with van der Waals surface area (Å²) in [5.41, 5.74) is 2.61. The lowest BCUT2D eigenvalue weighted by Gasteiger charge is -2.16. The van der Waals surface area contributed by atoms with E-state index in [1.54, 1.807) is 47.4 Å². The van der Waals surface area contributed by atoms with Crippen LogP contribution in [0.2, 0.25) is 0 Å². The molecule has 0 aliphatic rings. The van der Waals surface area contributed by atoms with E-state index in [4.69, 9.17) is 14.2 Å². The van der Waals surface area contributed by atoms with Crippen molar-refractivity contribution in [1.29, 1.82) is 0 Å². The minimum Gasteiger partial charge on any atom is -0.493 e. The standard InChI is InChI=1S/C21H29N3O5S.HI/c1-14-9-15(7-8-19(14)30(6,25)26)12-23-21(22-2)24-13-16-10-17(27-3)20(29-5)18(11-16)28-4;/h7-11H,12-13H2,1-6H3,(H2,22,23,24);1H. The molecule has 10 heteroatoms. The SMILES string of the molecule is CN=C(NCc1ccc(S(C)(=O)=O)c(C)c1)NCc1cc(OC)c(OC)c(OC)c1.I. The fourth-order valence-electron chi connectivity index (χ4n) is 3.07. The number of nitrogens with zero attached hydrogens (tertiary/aromatic N) is 1. The Hall–Kier alpha value is -2.21. The maximum absolute atomic E-state index is 11.8. The normalized spacial score (nSPS) is 11.4. The van der Waals surface area contributed by atoms with Gasteiger partial charge in [0.25, 0.3) is 0 Å². The van der Waals surface area contributed by atoms with Crippen LogP contribution in [-0.4, -0.2) is 49.0 Å². The number of halogens is 1. The number of rotatable bonds is 8. The second-order valence-electron chi connectivity index (χ2n) is 6.68. The summed E-state index contributed by atoms with van der Waals surface area (Å²) >= 11 is 0. The minimum atomic E-state index is -3.23. The van der Waals surface area contributed by atoms with Gasteiger partial charge in [-0.2, -0.15) is 0 Å². The molecule has 31 heavy (non-hydrogen) atoms. The predicted molar refractivity (Wildman–Crippen MR) is 133 cm³/mol. The lowest BCUT2D eigenvalue weighted by molar-refractivity contribution is 0.323. The lowest BCUT2D eigenvalue weighted by atomic mass is 10.1. The van der Waals surface area contributed by atoms with Crippen molar-refractivity contribution < 1.29 is 22.6 Å². The Balaban J connectivity index is 0.00000480. The molecule has 0 bridgehead atoms. The number of ether oxygens (including phenoxy) is 3. The summed E-state index contributed by atoms with van der Waals surface area (Å²) in [6, 6.07) is 9.02. The summed E-state index contributed by atoms with van der Waals surface area (Å²) in [6.45, 7) is 2.78. The molecule has 2 aromatic rings. The van der Waals surface area contributed by atoms with Crippen LogP contribution in [0, 0.1) is 6.92 Å². The van der Waals surface area contributed by atoms with Gasteiger partial charge in [-0.25, -0.2) is 8.42 Å². The highest BCUT2D eigenvalue weighted by Crippen LogP contribution is 2.38. The van der Waals surface area contributed by atoms with Crippen molar-refractivity contribution in [2.75, 3.05) is 34.6 Å². The van der Waals surface area contributed by atoms with Crippen molar-refractivity contribution in [3.05, 3.63) is 47.0 Å². The molecule has 0 saturated carbocycles. The van der Waals surface area contributed by atoms with Crippen LogP contribution in [0.15, 0.2) is 40.2 Å². The fraction of sp³-hybridized carbons (Fsp3) is 0.381. The first-order valence-electron chi connectivity index (χ1n) is 9.26. The zero-order chi connectivity index (χ0) is 22.3. The van der Waals surface area contributed by atoms with E-state index in [-0.39, 0.29) is 24.0 Å². The van der Waals surface area contributed by atoms with E-state index in [2.05, 4.69) is 15.6 Å². The number of nitrogens with one attached hydrogen (secondary N) is 2. The van der Waals surface area contributed by atoms with Crippen LogP contribution in [0.4, 0.5) is 0 Å². The zero-order valence-corrected chi connectivity index (χ0v) is 21.8. The Morgan fingerprint density at radius 1 is 0.935 bits per heavy atom. The average molecular weight is 563 g/mol. The molecule has 0 aromatic heterocycles. The molecular weight excluding hydrogens is 533 g/mol. The van der Waals surface area contributed by atoms with Gasteiger partial charge in [-0.15, -0.1) is 24.0 Å². The van der Waals surface area contributed by atoms with Crippen molar-refractivity contribution >= 4 is 39.8 Å². The molecule has 0 spiro atoms. The maximum atomic E-state index is 11.8. The Kier molecular flexibility index (Phi) is 10.4. The molecule has 2 N–H and O–H groups in total.